The maximum atomic E-state index is 12.8. The van der Waals surface area contributed by atoms with Gasteiger partial charge in [-0.3, -0.25) is 0 Å². The van der Waals surface area contributed by atoms with Gasteiger partial charge >= 0.3 is 0 Å². The number of benzene rings is 1. The fourth-order valence-electron chi connectivity index (χ4n) is 1.37. The molecule has 90 valence electrons. The Kier molecular flexibility index (Phi) is 5.19. The Morgan fingerprint density at radius 3 is 2.38 bits per heavy atom. The van der Waals surface area contributed by atoms with Gasteiger partial charge in [0, 0.05) is 24.2 Å². The minimum atomic E-state index is -0.620. The molecule has 1 unspecified atom stereocenters. The molecule has 16 heavy (non-hydrogen) atoms. The van der Waals surface area contributed by atoms with Crippen molar-refractivity contribution in [3.05, 3.63) is 29.8 Å². The van der Waals surface area contributed by atoms with Crippen molar-refractivity contribution >= 4 is 0 Å². The van der Waals surface area contributed by atoms with Gasteiger partial charge in [0.15, 0.2) is 0 Å². The molecular weight excluding hydrogens is 212 g/mol. The molecule has 0 aromatic heterocycles. The highest BCUT2D eigenvalue weighted by Gasteiger charge is 2.01. The Hall–Kier alpha value is -1.16. The summed E-state index contributed by atoms with van der Waals surface area (Å²) in [5, 5.41) is 0. The zero-order chi connectivity index (χ0) is 12.0. The van der Waals surface area contributed by atoms with Crippen molar-refractivity contribution in [1.82, 2.24) is 0 Å². The zero-order valence-corrected chi connectivity index (χ0v) is 9.38. The maximum absolute atomic E-state index is 12.8. The van der Waals surface area contributed by atoms with Crippen molar-refractivity contribution in [1.29, 1.82) is 0 Å². The van der Waals surface area contributed by atoms with Crippen molar-refractivity contribution in [3.63, 3.8) is 0 Å². The molecule has 0 aliphatic rings. The summed E-state index contributed by atoms with van der Waals surface area (Å²) in [5.74, 6) is -1.01. The number of rotatable bonds is 6. The molecule has 2 N–H and O–H groups in total. The molecule has 0 saturated heterocycles. The van der Waals surface area contributed by atoms with Crippen molar-refractivity contribution in [2.75, 3.05) is 6.61 Å². The standard InChI is InChI=1S/C12H17F2NO/c1-9(15)4-2-3-5-16-12-7-10(13)6-11(14)8-12/h6-9H,2-5,15H2,1H3. The molecule has 0 spiro atoms. The van der Waals surface area contributed by atoms with Gasteiger partial charge in [-0.05, 0) is 26.2 Å². The molecule has 1 rings (SSSR count). The van der Waals surface area contributed by atoms with Crippen LogP contribution in [0.15, 0.2) is 18.2 Å². The van der Waals surface area contributed by atoms with Gasteiger partial charge in [-0.1, -0.05) is 0 Å². The Bertz CT molecular complexity index is 309. The minimum Gasteiger partial charge on any atom is -0.493 e. The fraction of sp³-hybridized carbons (Fsp3) is 0.500. The van der Waals surface area contributed by atoms with E-state index in [2.05, 4.69) is 0 Å². The van der Waals surface area contributed by atoms with Crippen LogP contribution < -0.4 is 10.5 Å². The number of hydrogen-bond acceptors (Lipinski definition) is 2. The molecule has 0 heterocycles. The van der Waals surface area contributed by atoms with Crippen LogP contribution >= 0.6 is 0 Å². The van der Waals surface area contributed by atoms with E-state index < -0.39 is 11.6 Å². The quantitative estimate of drug-likeness (QED) is 0.761. The van der Waals surface area contributed by atoms with Gasteiger partial charge in [-0.25, -0.2) is 8.78 Å². The third kappa shape index (κ3) is 5.07. The molecule has 0 amide bonds. The summed E-state index contributed by atoms with van der Waals surface area (Å²) in [6, 6.07) is 3.36. The van der Waals surface area contributed by atoms with Gasteiger partial charge in [0.05, 0.1) is 6.61 Å². The summed E-state index contributed by atoms with van der Waals surface area (Å²) in [6.45, 7) is 2.40. The van der Waals surface area contributed by atoms with E-state index in [1.807, 2.05) is 6.92 Å². The number of nitrogens with two attached hydrogens (primary N) is 1. The lowest BCUT2D eigenvalue weighted by Gasteiger charge is -2.07. The lowest BCUT2D eigenvalue weighted by molar-refractivity contribution is 0.300. The summed E-state index contributed by atoms with van der Waals surface area (Å²) in [5.41, 5.74) is 5.59. The molecule has 0 bridgehead atoms. The molecule has 1 aromatic carbocycles. The molecule has 0 radical (unpaired) electrons. The molecule has 4 heteroatoms. The Morgan fingerprint density at radius 1 is 1.19 bits per heavy atom. The third-order valence-corrected chi connectivity index (χ3v) is 2.16. The SMILES string of the molecule is CC(N)CCCCOc1cc(F)cc(F)c1. The third-order valence-electron chi connectivity index (χ3n) is 2.16. The molecule has 0 saturated carbocycles. The predicted molar refractivity (Wildman–Crippen MR) is 59.4 cm³/mol. The van der Waals surface area contributed by atoms with Crippen molar-refractivity contribution in [3.8, 4) is 5.75 Å². The molecule has 1 aromatic rings. The van der Waals surface area contributed by atoms with E-state index in [0.29, 0.717) is 6.61 Å². The monoisotopic (exact) mass is 229 g/mol. The highest BCUT2D eigenvalue weighted by Crippen LogP contribution is 2.15. The van der Waals surface area contributed by atoms with Crippen LogP contribution in [0.25, 0.3) is 0 Å². The number of hydrogen-bond donors (Lipinski definition) is 1. The van der Waals surface area contributed by atoms with Crippen molar-refractivity contribution in [2.45, 2.75) is 32.2 Å². The first-order valence-electron chi connectivity index (χ1n) is 5.42. The van der Waals surface area contributed by atoms with Gasteiger partial charge < -0.3 is 10.5 Å². The molecule has 0 aliphatic heterocycles. The second kappa shape index (κ2) is 6.43. The van der Waals surface area contributed by atoms with E-state index in [1.54, 1.807) is 0 Å². The average Bonchev–Trinajstić information content (AvgIpc) is 2.15. The summed E-state index contributed by atoms with van der Waals surface area (Å²) in [7, 11) is 0. The van der Waals surface area contributed by atoms with Gasteiger partial charge in [-0.2, -0.15) is 0 Å². The average molecular weight is 229 g/mol. The van der Waals surface area contributed by atoms with Crippen LogP contribution in [-0.2, 0) is 0 Å². The molecule has 0 fully saturated rings. The molecular formula is C12H17F2NO. The largest absolute Gasteiger partial charge is 0.493 e. The van der Waals surface area contributed by atoms with E-state index in [9.17, 15) is 8.78 Å². The highest BCUT2D eigenvalue weighted by atomic mass is 19.1. The van der Waals surface area contributed by atoms with Crippen LogP contribution in [0, 0.1) is 11.6 Å². The van der Waals surface area contributed by atoms with Crippen LogP contribution in [-0.4, -0.2) is 12.6 Å². The van der Waals surface area contributed by atoms with E-state index >= 15 is 0 Å². The van der Waals surface area contributed by atoms with Gasteiger partial charge in [0.2, 0.25) is 0 Å². The Morgan fingerprint density at radius 2 is 1.81 bits per heavy atom. The topological polar surface area (TPSA) is 35.2 Å². The number of halogens is 2. The van der Waals surface area contributed by atoms with E-state index in [1.165, 1.54) is 12.1 Å². The number of ether oxygens (including phenoxy) is 1. The van der Waals surface area contributed by atoms with Crippen molar-refractivity contribution < 1.29 is 13.5 Å². The summed E-state index contributed by atoms with van der Waals surface area (Å²) in [6.07, 6.45) is 2.72. The Balaban J connectivity index is 2.26. The van der Waals surface area contributed by atoms with E-state index in [0.717, 1.165) is 25.3 Å². The fourth-order valence-corrected chi connectivity index (χ4v) is 1.37. The second-order valence-electron chi connectivity index (χ2n) is 3.93. The van der Waals surface area contributed by atoms with Gasteiger partial charge in [0.1, 0.15) is 17.4 Å². The van der Waals surface area contributed by atoms with Crippen LogP contribution in [0.1, 0.15) is 26.2 Å². The van der Waals surface area contributed by atoms with Gasteiger partial charge in [0.25, 0.3) is 0 Å². The van der Waals surface area contributed by atoms with E-state index in [-0.39, 0.29) is 11.8 Å². The smallest absolute Gasteiger partial charge is 0.129 e. The first-order valence-corrected chi connectivity index (χ1v) is 5.42. The molecule has 2 nitrogen and oxygen atoms in total. The molecule has 1 atom stereocenters. The van der Waals surface area contributed by atoms with Gasteiger partial charge in [-0.15, -0.1) is 0 Å². The summed E-state index contributed by atoms with van der Waals surface area (Å²) in [4.78, 5) is 0. The summed E-state index contributed by atoms with van der Waals surface area (Å²) < 4.78 is 30.8. The second-order valence-corrected chi connectivity index (χ2v) is 3.93. The van der Waals surface area contributed by atoms with Crippen molar-refractivity contribution in [2.24, 2.45) is 5.73 Å². The van der Waals surface area contributed by atoms with Crippen LogP contribution in [0.5, 0.6) is 5.75 Å². The van der Waals surface area contributed by atoms with Crippen LogP contribution in [0.3, 0.4) is 0 Å². The normalized spacial score (nSPS) is 12.5. The van der Waals surface area contributed by atoms with Crippen LogP contribution in [0.4, 0.5) is 8.78 Å². The Labute approximate surface area is 94.4 Å². The van der Waals surface area contributed by atoms with E-state index in [4.69, 9.17) is 10.5 Å². The summed E-state index contributed by atoms with van der Waals surface area (Å²) >= 11 is 0. The lowest BCUT2D eigenvalue weighted by atomic mass is 10.1. The minimum absolute atomic E-state index is 0.187. The van der Waals surface area contributed by atoms with Crippen LogP contribution in [0.2, 0.25) is 0 Å². The zero-order valence-electron chi connectivity index (χ0n) is 9.38. The highest BCUT2D eigenvalue weighted by molar-refractivity contribution is 5.23. The predicted octanol–water partition coefficient (Wildman–Crippen LogP) is 2.86. The molecule has 0 aliphatic carbocycles. The number of unbranched alkanes of at least 4 members (excludes halogenated alkanes) is 1. The first kappa shape index (κ1) is 12.9. The lowest BCUT2D eigenvalue weighted by Crippen LogP contribution is -2.14. The maximum Gasteiger partial charge on any atom is 0.129 e. The first-order chi connectivity index (χ1) is 7.58.